The Morgan fingerprint density at radius 3 is 2.52 bits per heavy atom. The Balaban J connectivity index is 1.26. The van der Waals surface area contributed by atoms with Crippen molar-refractivity contribution >= 4 is 28.6 Å². The minimum absolute atomic E-state index is 0.0590. The summed E-state index contributed by atoms with van der Waals surface area (Å²) in [5, 5.41) is 0.979. The second-order valence-electron chi connectivity index (χ2n) is 9.60. The Morgan fingerprint density at radius 2 is 1.93 bits per heavy atom. The highest BCUT2D eigenvalue weighted by Gasteiger charge is 2.46. The molecule has 0 radical (unpaired) electrons. The Bertz CT molecular complexity index is 703. The molecule has 0 aromatic rings. The molecule has 29 heavy (non-hydrogen) atoms. The molecule has 1 saturated heterocycles. The van der Waals surface area contributed by atoms with Gasteiger partial charge in [-0.15, -0.1) is 0 Å². The maximum Gasteiger partial charge on any atom is 0.397 e. The average Bonchev–Trinajstić information content (AvgIpc) is 3.30. The van der Waals surface area contributed by atoms with Crippen LogP contribution in [0.1, 0.15) is 64.7 Å². The van der Waals surface area contributed by atoms with Gasteiger partial charge in [0.2, 0.25) is 5.91 Å². The van der Waals surface area contributed by atoms with Crippen molar-refractivity contribution in [1.82, 2.24) is 4.90 Å². The Labute approximate surface area is 174 Å². The molecule has 162 valence electrons. The summed E-state index contributed by atoms with van der Waals surface area (Å²) in [6.45, 7) is 2.64. The van der Waals surface area contributed by atoms with E-state index >= 15 is 0 Å². The van der Waals surface area contributed by atoms with Crippen LogP contribution in [0.4, 0.5) is 13.2 Å². The number of nitrogens with zero attached hydrogens (tertiary/aromatic N) is 2. The standard InChI is InChI=1S/C21H29F3N2O2S/c1-20(11-13-4-6-26(7-5-13)18(27)12-21(22,23)24)19(28)25-17(29-20)10-16-9-14-2-3-15(16)8-14/h13-16H,2-12H2,1H3/t14-,15+,16-,20?/m1/s1. The normalized spacial score (nSPS) is 35.4. The van der Waals surface area contributed by atoms with Gasteiger partial charge in [0.25, 0.3) is 5.91 Å². The van der Waals surface area contributed by atoms with Crippen molar-refractivity contribution < 1.29 is 22.8 Å². The fraction of sp³-hybridized carbons (Fsp3) is 0.857. The lowest BCUT2D eigenvalue weighted by atomic mass is 9.86. The van der Waals surface area contributed by atoms with Crippen molar-refractivity contribution in [3.63, 3.8) is 0 Å². The molecular formula is C21H29F3N2O2S. The molecule has 2 heterocycles. The van der Waals surface area contributed by atoms with Crippen LogP contribution in [0.15, 0.2) is 4.99 Å². The van der Waals surface area contributed by atoms with Crippen LogP contribution in [0, 0.1) is 23.7 Å². The van der Waals surface area contributed by atoms with E-state index in [1.54, 1.807) is 11.8 Å². The molecule has 0 aromatic carbocycles. The molecule has 0 N–H and O–H groups in total. The summed E-state index contributed by atoms with van der Waals surface area (Å²) in [5.74, 6) is 1.70. The first kappa shape index (κ1) is 21.2. The number of aliphatic imine (C=N–C) groups is 1. The second-order valence-corrected chi connectivity index (χ2v) is 11.2. The zero-order chi connectivity index (χ0) is 20.8. The van der Waals surface area contributed by atoms with Crippen LogP contribution in [0.25, 0.3) is 0 Å². The molecule has 4 atom stereocenters. The minimum atomic E-state index is -4.46. The predicted octanol–water partition coefficient (Wildman–Crippen LogP) is 4.82. The van der Waals surface area contributed by atoms with Crippen LogP contribution in [0.5, 0.6) is 0 Å². The van der Waals surface area contributed by atoms with Crippen LogP contribution >= 0.6 is 11.8 Å². The van der Waals surface area contributed by atoms with E-state index in [1.807, 2.05) is 6.92 Å². The second kappa shape index (κ2) is 7.89. The van der Waals surface area contributed by atoms with Crippen molar-refractivity contribution in [2.24, 2.45) is 28.7 Å². The highest BCUT2D eigenvalue weighted by atomic mass is 32.2. The van der Waals surface area contributed by atoms with E-state index < -0.39 is 23.3 Å². The fourth-order valence-electron chi connectivity index (χ4n) is 5.85. The number of rotatable bonds is 5. The number of fused-ring (bicyclic) bond motifs is 2. The number of amides is 2. The Morgan fingerprint density at radius 1 is 1.21 bits per heavy atom. The molecule has 4 aliphatic rings. The molecule has 0 spiro atoms. The number of carbonyl (C=O) groups excluding carboxylic acids is 2. The molecule has 8 heteroatoms. The summed E-state index contributed by atoms with van der Waals surface area (Å²) in [6.07, 6.45) is 2.37. The molecule has 4 nitrogen and oxygen atoms in total. The van der Waals surface area contributed by atoms with Gasteiger partial charge in [-0.2, -0.15) is 13.2 Å². The molecule has 0 aromatic heterocycles. The molecule has 3 fully saturated rings. The number of thioether (sulfide) groups is 1. The molecular weight excluding hydrogens is 401 g/mol. The Kier molecular flexibility index (Phi) is 5.77. The SMILES string of the molecule is CC1(CC2CCN(C(=O)CC(F)(F)F)CC2)SC(C[C@H]2C[C@@H]3CC[C@H]2C3)=NC1=O. The lowest BCUT2D eigenvalue weighted by Crippen LogP contribution is -2.42. The highest BCUT2D eigenvalue weighted by Crippen LogP contribution is 2.51. The number of hydrogen-bond acceptors (Lipinski definition) is 3. The molecule has 2 bridgehead atoms. The third-order valence-electron chi connectivity index (χ3n) is 7.34. The molecule has 2 aliphatic heterocycles. The van der Waals surface area contributed by atoms with Crippen molar-refractivity contribution in [3.8, 4) is 0 Å². The lowest BCUT2D eigenvalue weighted by Gasteiger charge is -2.35. The predicted molar refractivity (Wildman–Crippen MR) is 107 cm³/mol. The first-order valence-corrected chi connectivity index (χ1v) is 11.6. The van der Waals surface area contributed by atoms with E-state index in [0.717, 1.165) is 23.3 Å². The zero-order valence-electron chi connectivity index (χ0n) is 16.8. The van der Waals surface area contributed by atoms with Gasteiger partial charge in [-0.3, -0.25) is 9.59 Å². The van der Waals surface area contributed by atoms with Gasteiger partial charge >= 0.3 is 6.18 Å². The van der Waals surface area contributed by atoms with Crippen molar-refractivity contribution in [1.29, 1.82) is 0 Å². The number of piperidine rings is 1. The van der Waals surface area contributed by atoms with Gasteiger partial charge < -0.3 is 4.90 Å². The van der Waals surface area contributed by atoms with Crippen LogP contribution in [0.2, 0.25) is 0 Å². The summed E-state index contributed by atoms with van der Waals surface area (Å²) in [7, 11) is 0. The largest absolute Gasteiger partial charge is 0.397 e. The van der Waals surface area contributed by atoms with Gasteiger partial charge in [0.1, 0.15) is 11.2 Å². The molecule has 4 rings (SSSR count). The van der Waals surface area contributed by atoms with Crippen molar-refractivity contribution in [2.45, 2.75) is 75.6 Å². The number of carbonyl (C=O) groups is 2. The smallest absolute Gasteiger partial charge is 0.342 e. The van der Waals surface area contributed by atoms with Gasteiger partial charge in [-0.05, 0) is 75.5 Å². The molecule has 2 saturated carbocycles. The third-order valence-corrected chi connectivity index (χ3v) is 8.63. The number of alkyl halides is 3. The topological polar surface area (TPSA) is 49.7 Å². The first-order valence-electron chi connectivity index (χ1n) is 10.8. The number of halogens is 3. The lowest BCUT2D eigenvalue weighted by molar-refractivity contribution is -0.162. The van der Waals surface area contributed by atoms with E-state index in [4.69, 9.17) is 0 Å². The molecule has 1 unspecified atom stereocenters. The van der Waals surface area contributed by atoms with E-state index in [1.165, 1.54) is 30.6 Å². The van der Waals surface area contributed by atoms with Gasteiger partial charge in [0.15, 0.2) is 0 Å². The monoisotopic (exact) mass is 430 g/mol. The summed E-state index contributed by atoms with van der Waals surface area (Å²) in [5.41, 5.74) is 0. The Hall–Kier alpha value is -1.05. The van der Waals surface area contributed by atoms with Gasteiger partial charge in [0, 0.05) is 13.1 Å². The summed E-state index contributed by atoms with van der Waals surface area (Å²) in [4.78, 5) is 30.1. The van der Waals surface area contributed by atoms with Gasteiger partial charge in [0.05, 0.1) is 5.04 Å². The van der Waals surface area contributed by atoms with Crippen molar-refractivity contribution in [2.75, 3.05) is 13.1 Å². The molecule has 2 amide bonds. The number of likely N-dealkylation sites (tertiary alicyclic amines) is 1. The zero-order valence-corrected chi connectivity index (χ0v) is 17.7. The van der Waals surface area contributed by atoms with Crippen molar-refractivity contribution in [3.05, 3.63) is 0 Å². The van der Waals surface area contributed by atoms with Crippen LogP contribution in [0.3, 0.4) is 0 Å². The maximum atomic E-state index is 12.6. The van der Waals surface area contributed by atoms with Gasteiger partial charge in [-0.25, -0.2) is 4.99 Å². The van der Waals surface area contributed by atoms with E-state index in [0.29, 0.717) is 38.3 Å². The highest BCUT2D eigenvalue weighted by molar-refractivity contribution is 8.16. The fourth-order valence-corrected chi connectivity index (χ4v) is 7.24. The third kappa shape index (κ3) is 4.83. The van der Waals surface area contributed by atoms with Gasteiger partial charge in [-0.1, -0.05) is 18.2 Å². The minimum Gasteiger partial charge on any atom is -0.342 e. The number of hydrogen-bond donors (Lipinski definition) is 0. The van der Waals surface area contributed by atoms with Crippen LogP contribution in [-0.2, 0) is 9.59 Å². The van der Waals surface area contributed by atoms with E-state index in [2.05, 4.69) is 4.99 Å². The molecule has 2 aliphatic carbocycles. The summed E-state index contributed by atoms with van der Waals surface area (Å²) in [6, 6.07) is 0. The summed E-state index contributed by atoms with van der Waals surface area (Å²) < 4.78 is 36.7. The average molecular weight is 431 g/mol. The van der Waals surface area contributed by atoms with E-state index in [9.17, 15) is 22.8 Å². The maximum absolute atomic E-state index is 12.6. The summed E-state index contributed by atoms with van der Waals surface area (Å²) >= 11 is 1.62. The van der Waals surface area contributed by atoms with Crippen LogP contribution < -0.4 is 0 Å². The quantitative estimate of drug-likeness (QED) is 0.628. The first-order chi connectivity index (χ1) is 13.6. The van der Waals surface area contributed by atoms with E-state index in [-0.39, 0.29) is 11.8 Å². The van der Waals surface area contributed by atoms with Crippen LogP contribution in [-0.4, -0.2) is 45.8 Å².